The highest BCUT2D eigenvalue weighted by Crippen LogP contribution is 2.38. The molecule has 0 bridgehead atoms. The van der Waals surface area contributed by atoms with Crippen LogP contribution in [0.3, 0.4) is 0 Å². The smallest absolute Gasteiger partial charge is 0.203 e. The van der Waals surface area contributed by atoms with Crippen LogP contribution in [-0.2, 0) is 13.1 Å². The van der Waals surface area contributed by atoms with Gasteiger partial charge in [-0.2, -0.15) is 0 Å². The number of halogens is 1. The lowest BCUT2D eigenvalue weighted by Crippen LogP contribution is -2.42. The number of benzene rings is 1. The number of hydrogen-bond donors (Lipinski definition) is 2. The minimum Gasteiger partial charge on any atom is -0.493 e. The quantitative estimate of drug-likeness (QED) is 0.269. The van der Waals surface area contributed by atoms with Crippen LogP contribution in [0.4, 0.5) is 0 Å². The molecule has 1 saturated heterocycles. The number of ether oxygens (including phenoxy) is 3. The first kappa shape index (κ1) is 26.5. The lowest BCUT2D eigenvalue weighted by Gasteiger charge is -2.32. The zero-order valence-electron chi connectivity index (χ0n) is 19.3. The average molecular weight is 575 g/mol. The SMILES string of the molecule is CN=C(NCc1cc(OC)c(OC)c(OC)c1)NCC1CCN(Cc2cccs2)CC1.I. The predicted molar refractivity (Wildman–Crippen MR) is 142 cm³/mol. The van der Waals surface area contributed by atoms with Gasteiger partial charge in [0.25, 0.3) is 0 Å². The van der Waals surface area contributed by atoms with Crippen LogP contribution in [0.5, 0.6) is 17.2 Å². The number of guanidine groups is 1. The van der Waals surface area contributed by atoms with Crippen LogP contribution in [0.2, 0.25) is 0 Å². The highest BCUT2D eigenvalue weighted by Gasteiger charge is 2.20. The lowest BCUT2D eigenvalue weighted by atomic mass is 9.97. The molecule has 1 aliphatic heterocycles. The van der Waals surface area contributed by atoms with Crippen LogP contribution in [0, 0.1) is 5.92 Å². The number of hydrogen-bond acceptors (Lipinski definition) is 6. The van der Waals surface area contributed by atoms with Crippen molar-refractivity contribution in [3.05, 3.63) is 40.1 Å². The van der Waals surface area contributed by atoms with Gasteiger partial charge < -0.3 is 24.8 Å². The molecule has 9 heteroatoms. The first-order chi connectivity index (χ1) is 15.2. The van der Waals surface area contributed by atoms with Crippen molar-refractivity contribution in [2.45, 2.75) is 25.9 Å². The molecule has 0 radical (unpaired) electrons. The van der Waals surface area contributed by atoms with Crippen molar-refractivity contribution in [1.82, 2.24) is 15.5 Å². The summed E-state index contributed by atoms with van der Waals surface area (Å²) in [5, 5.41) is 9.02. The second-order valence-electron chi connectivity index (χ2n) is 7.64. The minimum atomic E-state index is 0. The number of nitrogens with zero attached hydrogens (tertiary/aromatic N) is 2. The van der Waals surface area contributed by atoms with Crippen LogP contribution < -0.4 is 24.8 Å². The number of aliphatic imine (C=N–C) groups is 1. The first-order valence-corrected chi connectivity index (χ1v) is 11.5. The third kappa shape index (κ3) is 7.41. The molecule has 0 atom stereocenters. The van der Waals surface area contributed by atoms with Gasteiger partial charge in [-0.1, -0.05) is 6.07 Å². The summed E-state index contributed by atoms with van der Waals surface area (Å²) >= 11 is 1.84. The summed E-state index contributed by atoms with van der Waals surface area (Å²) in [4.78, 5) is 8.38. The fourth-order valence-electron chi connectivity index (χ4n) is 3.86. The Hall–Kier alpha value is -1.72. The molecule has 178 valence electrons. The van der Waals surface area contributed by atoms with E-state index in [4.69, 9.17) is 14.2 Å². The van der Waals surface area contributed by atoms with Crippen molar-refractivity contribution in [3.8, 4) is 17.2 Å². The normalized spacial score (nSPS) is 15.1. The van der Waals surface area contributed by atoms with Gasteiger partial charge in [0.2, 0.25) is 5.75 Å². The third-order valence-electron chi connectivity index (χ3n) is 5.63. The van der Waals surface area contributed by atoms with E-state index in [-0.39, 0.29) is 24.0 Å². The second-order valence-corrected chi connectivity index (χ2v) is 8.67. The Bertz CT molecular complexity index is 815. The lowest BCUT2D eigenvalue weighted by molar-refractivity contribution is 0.179. The molecule has 0 aliphatic carbocycles. The van der Waals surface area contributed by atoms with Gasteiger partial charge >= 0.3 is 0 Å². The minimum absolute atomic E-state index is 0. The van der Waals surface area contributed by atoms with Crippen LogP contribution >= 0.6 is 35.3 Å². The maximum Gasteiger partial charge on any atom is 0.203 e. The summed E-state index contributed by atoms with van der Waals surface area (Å²) < 4.78 is 16.3. The molecule has 1 fully saturated rings. The van der Waals surface area contributed by atoms with E-state index in [9.17, 15) is 0 Å². The van der Waals surface area contributed by atoms with E-state index in [1.807, 2.05) is 23.5 Å². The molecular formula is C23H35IN4O3S. The molecule has 7 nitrogen and oxygen atoms in total. The van der Waals surface area contributed by atoms with E-state index >= 15 is 0 Å². The topological polar surface area (TPSA) is 67.4 Å². The van der Waals surface area contributed by atoms with Crippen molar-refractivity contribution in [2.24, 2.45) is 10.9 Å². The van der Waals surface area contributed by atoms with Gasteiger partial charge in [0.15, 0.2) is 17.5 Å². The van der Waals surface area contributed by atoms with E-state index in [1.165, 1.54) is 17.7 Å². The van der Waals surface area contributed by atoms with Crippen molar-refractivity contribution < 1.29 is 14.2 Å². The fraction of sp³-hybridized carbons (Fsp3) is 0.522. The van der Waals surface area contributed by atoms with Gasteiger partial charge in [0, 0.05) is 31.6 Å². The Morgan fingerprint density at radius 3 is 2.31 bits per heavy atom. The zero-order valence-corrected chi connectivity index (χ0v) is 22.5. The Kier molecular flexibility index (Phi) is 11.4. The molecular weight excluding hydrogens is 539 g/mol. The summed E-state index contributed by atoms with van der Waals surface area (Å²) in [5.74, 6) is 3.36. The monoisotopic (exact) mass is 574 g/mol. The zero-order chi connectivity index (χ0) is 22.1. The highest BCUT2D eigenvalue weighted by molar-refractivity contribution is 14.0. The molecule has 0 spiro atoms. The molecule has 3 rings (SSSR count). The first-order valence-electron chi connectivity index (χ1n) is 10.6. The Morgan fingerprint density at radius 2 is 1.78 bits per heavy atom. The Labute approximate surface area is 212 Å². The molecule has 2 aromatic rings. The molecule has 1 aromatic carbocycles. The molecule has 2 N–H and O–H groups in total. The van der Waals surface area contributed by atoms with Crippen LogP contribution in [0.15, 0.2) is 34.6 Å². The maximum absolute atomic E-state index is 5.44. The molecule has 32 heavy (non-hydrogen) atoms. The predicted octanol–water partition coefficient (Wildman–Crippen LogP) is 3.97. The summed E-state index contributed by atoms with van der Waals surface area (Å²) in [6, 6.07) is 8.26. The van der Waals surface area contributed by atoms with Crippen LogP contribution in [0.1, 0.15) is 23.3 Å². The van der Waals surface area contributed by atoms with E-state index in [2.05, 4.69) is 38.0 Å². The fourth-order valence-corrected chi connectivity index (χ4v) is 4.60. The van der Waals surface area contributed by atoms with Crippen LogP contribution in [0.25, 0.3) is 0 Å². The summed E-state index contributed by atoms with van der Waals surface area (Å²) in [7, 11) is 6.66. The standard InChI is InChI=1S/C23H34N4O3S.HI/c1-24-23(26-15-18-12-20(28-2)22(30-4)21(13-18)29-3)25-14-17-7-9-27(10-8-17)16-19-6-5-11-31-19;/h5-6,11-13,17H,7-10,14-16H2,1-4H3,(H2,24,25,26);1H. The van der Waals surface area contributed by atoms with Gasteiger partial charge in [-0.05, 0) is 61.0 Å². The number of rotatable bonds is 9. The van der Waals surface area contributed by atoms with Crippen molar-refractivity contribution in [2.75, 3.05) is 48.0 Å². The largest absolute Gasteiger partial charge is 0.493 e. The molecule has 1 aliphatic rings. The Morgan fingerprint density at radius 1 is 1.09 bits per heavy atom. The van der Waals surface area contributed by atoms with Crippen molar-refractivity contribution >= 4 is 41.3 Å². The van der Waals surface area contributed by atoms with E-state index in [0.29, 0.717) is 29.7 Å². The van der Waals surface area contributed by atoms with E-state index < -0.39 is 0 Å². The number of nitrogens with one attached hydrogen (secondary N) is 2. The van der Waals surface area contributed by atoms with Gasteiger partial charge in [0.05, 0.1) is 21.3 Å². The number of piperidine rings is 1. The molecule has 1 aromatic heterocycles. The van der Waals surface area contributed by atoms with Crippen molar-refractivity contribution in [3.63, 3.8) is 0 Å². The van der Waals surface area contributed by atoms with Gasteiger partial charge in [-0.15, -0.1) is 35.3 Å². The van der Waals surface area contributed by atoms with Crippen molar-refractivity contribution in [1.29, 1.82) is 0 Å². The van der Waals surface area contributed by atoms with E-state index in [1.54, 1.807) is 28.4 Å². The third-order valence-corrected chi connectivity index (χ3v) is 6.49. The van der Waals surface area contributed by atoms with Crippen LogP contribution in [-0.4, -0.2) is 58.9 Å². The highest BCUT2D eigenvalue weighted by atomic mass is 127. The Balaban J connectivity index is 0.00000363. The molecule has 0 amide bonds. The second kappa shape index (κ2) is 13.7. The number of methoxy groups -OCH3 is 3. The summed E-state index contributed by atoms with van der Waals surface area (Å²) in [6.07, 6.45) is 2.42. The maximum atomic E-state index is 5.44. The van der Waals surface area contributed by atoms with Gasteiger partial charge in [-0.3, -0.25) is 9.89 Å². The molecule has 0 saturated carbocycles. The van der Waals surface area contributed by atoms with Gasteiger partial charge in [-0.25, -0.2) is 0 Å². The molecule has 0 unspecified atom stereocenters. The number of likely N-dealkylation sites (tertiary alicyclic amines) is 1. The average Bonchev–Trinajstić information content (AvgIpc) is 3.32. The number of thiophene rings is 1. The molecule has 2 heterocycles. The summed E-state index contributed by atoms with van der Waals surface area (Å²) in [5.41, 5.74) is 1.03. The summed E-state index contributed by atoms with van der Waals surface area (Å²) in [6.45, 7) is 4.93. The van der Waals surface area contributed by atoms with Gasteiger partial charge in [0.1, 0.15) is 0 Å². The van der Waals surface area contributed by atoms with E-state index in [0.717, 1.165) is 37.7 Å².